The molecule has 2 aromatic rings. The highest BCUT2D eigenvalue weighted by Crippen LogP contribution is 2.44. The molecule has 2 heterocycles. The van der Waals surface area contributed by atoms with E-state index >= 15 is 0 Å². The van der Waals surface area contributed by atoms with Gasteiger partial charge in [0.1, 0.15) is 11.5 Å². The number of aromatic nitrogens is 2. The van der Waals surface area contributed by atoms with Crippen LogP contribution in [0.5, 0.6) is 0 Å². The van der Waals surface area contributed by atoms with Gasteiger partial charge in [0.2, 0.25) is 0 Å². The van der Waals surface area contributed by atoms with Crippen LogP contribution in [0.25, 0.3) is 0 Å². The summed E-state index contributed by atoms with van der Waals surface area (Å²) in [5.74, 6) is -4.81. The van der Waals surface area contributed by atoms with Gasteiger partial charge in [0.15, 0.2) is 17.9 Å². The van der Waals surface area contributed by atoms with Crippen LogP contribution in [0.2, 0.25) is 5.02 Å². The molecule has 0 saturated carbocycles. The van der Waals surface area contributed by atoms with Gasteiger partial charge in [-0.25, -0.2) is 9.38 Å². The number of nitrogens with zero attached hydrogens (tertiary/aromatic N) is 3. The largest absolute Gasteiger partial charge is 0.459 e. The summed E-state index contributed by atoms with van der Waals surface area (Å²) in [5.41, 5.74) is 3.15. The van der Waals surface area contributed by atoms with E-state index in [1.807, 2.05) is 0 Å². The Bertz CT molecular complexity index is 944. The van der Waals surface area contributed by atoms with Crippen LogP contribution < -0.4 is 5.73 Å². The molecule has 10 heteroatoms. The molecule has 1 aromatic heterocycles. The summed E-state index contributed by atoms with van der Waals surface area (Å²) < 4.78 is 49.3. The lowest BCUT2D eigenvalue weighted by Gasteiger charge is -2.37. The molecule has 0 amide bonds. The third-order valence-electron chi connectivity index (χ3n) is 4.42. The first kappa shape index (κ1) is 19.2. The third-order valence-corrected chi connectivity index (χ3v) is 4.69. The fourth-order valence-electron chi connectivity index (χ4n) is 2.87. The summed E-state index contributed by atoms with van der Waals surface area (Å²) in [5, 5.41) is 4.14. The van der Waals surface area contributed by atoms with Gasteiger partial charge in [0, 0.05) is 25.2 Å². The lowest BCUT2D eigenvalue weighted by atomic mass is 9.84. The number of alkyl halides is 2. The first-order valence-corrected chi connectivity index (χ1v) is 8.28. The van der Waals surface area contributed by atoms with Crippen molar-refractivity contribution in [3.05, 3.63) is 52.1 Å². The smallest absolute Gasteiger partial charge is 0.310 e. The van der Waals surface area contributed by atoms with E-state index in [1.165, 1.54) is 23.0 Å². The van der Waals surface area contributed by atoms with E-state index in [4.69, 9.17) is 17.3 Å². The number of carbonyl (C=O) groups is 1. The van der Waals surface area contributed by atoms with Crippen LogP contribution in [0.1, 0.15) is 28.5 Å². The average Bonchev–Trinajstić information content (AvgIpc) is 2.92. The minimum atomic E-state index is -3.50. The van der Waals surface area contributed by atoms with E-state index in [2.05, 4.69) is 14.8 Å². The summed E-state index contributed by atoms with van der Waals surface area (Å²) in [6, 6.07) is 3.08. The summed E-state index contributed by atoms with van der Waals surface area (Å²) in [4.78, 5) is 16.1. The Labute approximate surface area is 157 Å². The number of hydrogen-bond acceptors (Lipinski definition) is 5. The number of aliphatic imine (C=N–C) groups is 1. The van der Waals surface area contributed by atoms with E-state index in [-0.39, 0.29) is 22.7 Å². The number of benzene rings is 1. The van der Waals surface area contributed by atoms with E-state index in [0.717, 1.165) is 13.0 Å². The number of amidine groups is 1. The number of ether oxygens (including phenoxy) is 1. The molecule has 144 valence electrons. The molecule has 27 heavy (non-hydrogen) atoms. The van der Waals surface area contributed by atoms with Gasteiger partial charge in [0.25, 0.3) is 6.02 Å². The summed E-state index contributed by atoms with van der Waals surface area (Å²) in [7, 11) is 1.61. The number of carbonyl (C=O) groups excluding carboxylic acids is 1. The molecule has 0 unspecified atom stereocenters. The molecule has 2 N–H and O–H groups in total. The number of hydrogen-bond donors (Lipinski definition) is 1. The normalized spacial score (nSPS) is 21.5. The van der Waals surface area contributed by atoms with Crippen molar-refractivity contribution in [3.8, 4) is 0 Å². The van der Waals surface area contributed by atoms with Crippen LogP contribution in [0.3, 0.4) is 0 Å². The van der Waals surface area contributed by atoms with Gasteiger partial charge < -0.3 is 10.5 Å². The maximum absolute atomic E-state index is 14.5. The summed E-state index contributed by atoms with van der Waals surface area (Å²) in [6.07, 6.45) is 1.27. The lowest BCUT2D eigenvalue weighted by Crippen LogP contribution is -2.51. The average molecular weight is 401 g/mol. The molecule has 6 nitrogen and oxygen atoms in total. The highest BCUT2D eigenvalue weighted by Gasteiger charge is 2.56. The number of rotatable bonds is 4. The van der Waals surface area contributed by atoms with Crippen molar-refractivity contribution in [2.45, 2.75) is 24.8 Å². The van der Waals surface area contributed by atoms with Crippen LogP contribution in [-0.2, 0) is 23.7 Å². The van der Waals surface area contributed by atoms with E-state index in [9.17, 15) is 18.0 Å². The fourth-order valence-corrected chi connectivity index (χ4v) is 3.15. The van der Waals surface area contributed by atoms with Crippen LogP contribution in [0.15, 0.2) is 29.4 Å². The Morgan fingerprint density at radius 3 is 2.78 bits per heavy atom. The number of ketones is 1. The fraction of sp³-hybridized carbons (Fsp3) is 0.353. The highest BCUT2D eigenvalue weighted by molar-refractivity contribution is 6.33. The molecule has 1 aliphatic rings. The van der Waals surface area contributed by atoms with E-state index in [0.29, 0.717) is 5.56 Å². The molecule has 0 spiro atoms. The number of halogens is 4. The van der Waals surface area contributed by atoms with Crippen molar-refractivity contribution in [3.63, 3.8) is 0 Å². The summed E-state index contributed by atoms with van der Waals surface area (Å²) >= 11 is 5.95. The topological polar surface area (TPSA) is 82.5 Å². The zero-order valence-corrected chi connectivity index (χ0v) is 15.2. The molecule has 1 atom stereocenters. The Morgan fingerprint density at radius 1 is 1.44 bits per heavy atom. The van der Waals surface area contributed by atoms with Gasteiger partial charge in [-0.1, -0.05) is 17.7 Å². The van der Waals surface area contributed by atoms with Crippen molar-refractivity contribution in [1.82, 2.24) is 9.78 Å². The molecule has 1 aromatic carbocycles. The second-order valence-electron chi connectivity index (χ2n) is 6.43. The van der Waals surface area contributed by atoms with Crippen LogP contribution in [-0.4, -0.2) is 34.1 Å². The number of nitrogens with two attached hydrogens (primary N) is 1. The maximum atomic E-state index is 14.5. The van der Waals surface area contributed by atoms with Crippen LogP contribution in [0, 0.1) is 5.82 Å². The monoisotopic (exact) mass is 400 g/mol. The molecule has 0 bridgehead atoms. The Balaban J connectivity index is 1.99. The predicted molar refractivity (Wildman–Crippen MR) is 92.5 cm³/mol. The number of Topliss-reactive ketones (excluding diaryl/α,β-unsaturated/α-hetero) is 1. The molecular weight excluding hydrogens is 385 g/mol. The lowest BCUT2D eigenvalue weighted by molar-refractivity contribution is -0.117. The van der Waals surface area contributed by atoms with Gasteiger partial charge in [-0.15, -0.1) is 0 Å². The van der Waals surface area contributed by atoms with Crippen LogP contribution in [0.4, 0.5) is 13.2 Å². The first-order chi connectivity index (χ1) is 12.5. The van der Waals surface area contributed by atoms with Gasteiger partial charge in [-0.05, 0) is 24.6 Å². The first-order valence-electron chi connectivity index (χ1n) is 7.91. The number of aryl methyl sites for hydroxylation is 1. The van der Waals surface area contributed by atoms with Gasteiger partial charge in [-0.3, -0.25) is 9.48 Å². The van der Waals surface area contributed by atoms with Crippen molar-refractivity contribution in [1.29, 1.82) is 0 Å². The molecule has 1 aliphatic heterocycles. The third kappa shape index (κ3) is 3.39. The Morgan fingerprint density at radius 2 is 2.15 bits per heavy atom. The predicted octanol–water partition coefficient (Wildman–Crippen LogP) is 2.83. The minimum absolute atomic E-state index is 0.0508. The quantitative estimate of drug-likeness (QED) is 0.800. The Kier molecular flexibility index (Phi) is 4.67. The van der Waals surface area contributed by atoms with Gasteiger partial charge in [-0.2, -0.15) is 13.9 Å². The minimum Gasteiger partial charge on any atom is -0.459 e. The second-order valence-corrected chi connectivity index (χ2v) is 6.84. The van der Waals surface area contributed by atoms with Crippen molar-refractivity contribution in [2.24, 2.45) is 17.8 Å². The van der Waals surface area contributed by atoms with Crippen molar-refractivity contribution >= 4 is 23.4 Å². The van der Waals surface area contributed by atoms with Gasteiger partial charge in [0.05, 0.1) is 5.02 Å². The zero-order chi connectivity index (χ0) is 20.0. The van der Waals surface area contributed by atoms with E-state index in [1.54, 1.807) is 7.05 Å². The molecule has 0 aliphatic carbocycles. The zero-order valence-electron chi connectivity index (χ0n) is 14.5. The molecule has 0 saturated heterocycles. The van der Waals surface area contributed by atoms with Gasteiger partial charge >= 0.3 is 5.92 Å². The van der Waals surface area contributed by atoms with Crippen LogP contribution >= 0.6 is 11.6 Å². The van der Waals surface area contributed by atoms with Crippen molar-refractivity contribution < 1.29 is 22.7 Å². The summed E-state index contributed by atoms with van der Waals surface area (Å²) in [6.45, 7) is 0.0486. The molecule has 3 rings (SSSR count). The molecule has 0 radical (unpaired) electrons. The molecular formula is C17H16ClF3N4O2. The Hall–Kier alpha value is -2.55. The SMILES string of the molecule is Cn1cc(Cl)c(C(=O)Cc2ccc(F)c([C@@]3(C)N=C(N)OCC3(F)F)c2)n1. The van der Waals surface area contributed by atoms with E-state index < -0.39 is 35.7 Å². The highest BCUT2D eigenvalue weighted by atomic mass is 35.5. The second kappa shape index (κ2) is 6.56. The maximum Gasteiger partial charge on any atom is 0.310 e. The standard InChI is InChI=1S/C17H16ClF3N4O2/c1-16(17(20,21)8-27-15(22)23-16)10-5-9(3-4-12(10)19)6-13(26)14-11(18)7-25(2)24-14/h3-5,7H,6,8H2,1-2H3,(H2,22,23)/t16-/m1/s1. The molecule has 0 fully saturated rings. The van der Waals surface area contributed by atoms with Crippen molar-refractivity contribution in [2.75, 3.05) is 6.61 Å².